The summed E-state index contributed by atoms with van der Waals surface area (Å²) in [5, 5.41) is 14.0. The lowest BCUT2D eigenvalue weighted by molar-refractivity contribution is -0.757. The smallest absolute Gasteiger partial charge is 0.408 e. The van der Waals surface area contributed by atoms with E-state index in [1.54, 1.807) is 24.3 Å². The zero-order chi connectivity index (χ0) is 15.2. The molecular formula is C12H13N3O6. The van der Waals surface area contributed by atoms with Gasteiger partial charge in [0.2, 0.25) is 6.10 Å². The van der Waals surface area contributed by atoms with Crippen molar-refractivity contribution in [2.24, 2.45) is 0 Å². The Labute approximate surface area is 119 Å². The van der Waals surface area contributed by atoms with Crippen molar-refractivity contribution in [3.8, 4) is 0 Å². The third-order valence-corrected chi connectivity index (χ3v) is 2.83. The predicted molar refractivity (Wildman–Crippen MR) is 68.5 cm³/mol. The first-order valence-electron chi connectivity index (χ1n) is 6.15. The minimum Gasteiger partial charge on any atom is -0.433 e. The second-order valence-corrected chi connectivity index (χ2v) is 4.21. The molecule has 21 heavy (non-hydrogen) atoms. The van der Waals surface area contributed by atoms with Gasteiger partial charge >= 0.3 is 6.09 Å². The maximum absolute atomic E-state index is 12.0. The number of nitrogens with zero attached hydrogens (tertiary/aromatic N) is 1. The van der Waals surface area contributed by atoms with E-state index in [-0.39, 0.29) is 13.2 Å². The third-order valence-electron chi connectivity index (χ3n) is 2.83. The zero-order valence-electron chi connectivity index (χ0n) is 10.9. The molecule has 1 heterocycles. The van der Waals surface area contributed by atoms with E-state index in [1.165, 1.54) is 0 Å². The summed E-state index contributed by atoms with van der Waals surface area (Å²) < 4.78 is 4.93. The second kappa shape index (κ2) is 6.55. The normalized spacial score (nSPS) is 20.3. The number of rotatable bonds is 6. The number of hydrogen-bond acceptors (Lipinski definition) is 6. The fourth-order valence-corrected chi connectivity index (χ4v) is 1.94. The predicted octanol–water partition coefficient (Wildman–Crippen LogP) is 0.161. The molecule has 2 unspecified atom stereocenters. The molecule has 1 aliphatic heterocycles. The van der Waals surface area contributed by atoms with Crippen LogP contribution in [0, 0.1) is 10.1 Å². The van der Waals surface area contributed by atoms with E-state index < -0.39 is 29.2 Å². The van der Waals surface area contributed by atoms with Gasteiger partial charge in [-0.3, -0.25) is 4.79 Å². The van der Waals surface area contributed by atoms with Gasteiger partial charge in [-0.25, -0.2) is 4.79 Å². The largest absolute Gasteiger partial charge is 0.433 e. The number of nitrogens with one attached hydrogen (secondary N) is 2. The summed E-state index contributed by atoms with van der Waals surface area (Å²) in [4.78, 5) is 37.3. The second-order valence-electron chi connectivity index (χ2n) is 4.21. The van der Waals surface area contributed by atoms with Gasteiger partial charge in [0, 0.05) is 6.54 Å². The molecule has 1 aliphatic rings. The first kappa shape index (κ1) is 14.6. The number of alkyl carbamates (subject to hydrolysis) is 1. The first-order valence-corrected chi connectivity index (χ1v) is 6.15. The molecule has 1 aromatic carbocycles. The van der Waals surface area contributed by atoms with E-state index in [2.05, 4.69) is 15.5 Å². The van der Waals surface area contributed by atoms with Crippen molar-refractivity contribution >= 4 is 12.0 Å². The zero-order valence-corrected chi connectivity index (χ0v) is 10.9. The fraction of sp³-hybridized carbons (Fsp3) is 0.333. The summed E-state index contributed by atoms with van der Waals surface area (Å²) >= 11 is 0. The van der Waals surface area contributed by atoms with E-state index >= 15 is 0 Å². The molecule has 1 fully saturated rings. The molecule has 2 amide bonds. The average molecular weight is 295 g/mol. The van der Waals surface area contributed by atoms with Crippen LogP contribution in [0.5, 0.6) is 0 Å². The van der Waals surface area contributed by atoms with Crippen LogP contribution < -0.4 is 10.6 Å². The Morgan fingerprint density at radius 1 is 1.43 bits per heavy atom. The highest BCUT2D eigenvalue weighted by molar-refractivity contribution is 5.87. The lowest BCUT2D eigenvalue weighted by Crippen LogP contribution is -2.40. The fourth-order valence-electron chi connectivity index (χ4n) is 1.94. The lowest BCUT2D eigenvalue weighted by Gasteiger charge is -2.16. The number of carbonyl (C=O) groups is 2. The minimum absolute atomic E-state index is 0.0601. The Morgan fingerprint density at radius 2 is 2.14 bits per heavy atom. The Bertz CT molecular complexity index is 535. The highest BCUT2D eigenvalue weighted by Crippen LogP contribution is 2.24. The van der Waals surface area contributed by atoms with Crippen LogP contribution in [0.3, 0.4) is 0 Å². The highest BCUT2D eigenvalue weighted by Gasteiger charge is 2.40. The third kappa shape index (κ3) is 3.81. The number of cyclic esters (lactones) is 1. The number of ether oxygens (including phenoxy) is 1. The summed E-state index contributed by atoms with van der Waals surface area (Å²) in [6.07, 6.45) is -1.72. The Hall–Kier alpha value is -2.84. The number of hydrogen-bond donors (Lipinski definition) is 2. The summed E-state index contributed by atoms with van der Waals surface area (Å²) in [5.41, 5.74) is 0.727. The minimum atomic E-state index is -1.03. The van der Waals surface area contributed by atoms with Crippen molar-refractivity contribution in [3.05, 3.63) is 46.0 Å². The molecule has 0 aromatic heterocycles. The van der Waals surface area contributed by atoms with Gasteiger partial charge < -0.3 is 20.2 Å². The average Bonchev–Trinajstić information content (AvgIpc) is 2.86. The molecule has 9 heteroatoms. The van der Waals surface area contributed by atoms with Crippen molar-refractivity contribution in [3.63, 3.8) is 0 Å². The van der Waals surface area contributed by atoms with Gasteiger partial charge in [-0.1, -0.05) is 30.3 Å². The molecule has 9 nitrogen and oxygen atoms in total. The van der Waals surface area contributed by atoms with Gasteiger partial charge in [0.15, 0.2) is 0 Å². The summed E-state index contributed by atoms with van der Waals surface area (Å²) in [5.74, 6) is -0.547. The van der Waals surface area contributed by atoms with Crippen LogP contribution in [0.1, 0.15) is 11.6 Å². The van der Waals surface area contributed by atoms with Crippen LogP contribution in [-0.4, -0.2) is 36.3 Å². The Balaban J connectivity index is 1.95. The van der Waals surface area contributed by atoms with E-state index in [0.717, 1.165) is 5.56 Å². The quantitative estimate of drug-likeness (QED) is 0.438. The van der Waals surface area contributed by atoms with Crippen molar-refractivity contribution in [1.29, 1.82) is 0 Å². The SMILES string of the molecule is O=C1NC(c2ccccc2)C(C(=O)NCCO[N+](=O)[O-])O1. The molecule has 112 valence electrons. The maximum atomic E-state index is 12.0. The molecule has 0 radical (unpaired) electrons. The van der Waals surface area contributed by atoms with Crippen molar-refractivity contribution in [2.75, 3.05) is 13.2 Å². The number of amides is 2. The van der Waals surface area contributed by atoms with Crippen molar-refractivity contribution in [2.45, 2.75) is 12.1 Å². The van der Waals surface area contributed by atoms with Crippen LogP contribution in [0.2, 0.25) is 0 Å². The van der Waals surface area contributed by atoms with Gasteiger partial charge in [0.05, 0.1) is 0 Å². The maximum Gasteiger partial charge on any atom is 0.408 e. The van der Waals surface area contributed by atoms with Crippen molar-refractivity contribution in [1.82, 2.24) is 10.6 Å². The van der Waals surface area contributed by atoms with Crippen molar-refractivity contribution < 1.29 is 24.3 Å². The van der Waals surface area contributed by atoms with Crippen LogP contribution in [0.15, 0.2) is 30.3 Å². The van der Waals surface area contributed by atoms with Crippen LogP contribution in [-0.2, 0) is 14.4 Å². The molecule has 1 aromatic rings. The van der Waals surface area contributed by atoms with Gasteiger partial charge in [0.25, 0.3) is 11.0 Å². The molecule has 1 saturated heterocycles. The summed E-state index contributed by atoms with van der Waals surface area (Å²) in [6.45, 7) is -0.335. The molecule has 2 N–H and O–H groups in total. The van der Waals surface area contributed by atoms with Gasteiger partial charge in [0.1, 0.15) is 12.6 Å². The standard InChI is InChI=1S/C12H13N3O6/c16-11(13-6-7-20-15(18)19)10-9(14-12(17)21-10)8-4-2-1-3-5-8/h1-5,9-10H,6-7H2,(H,13,16)(H,14,17). The molecule has 0 spiro atoms. The highest BCUT2D eigenvalue weighted by atomic mass is 16.9. The Kier molecular flexibility index (Phi) is 4.54. The molecule has 0 bridgehead atoms. The molecule has 0 aliphatic carbocycles. The van der Waals surface area contributed by atoms with E-state index in [9.17, 15) is 19.7 Å². The Morgan fingerprint density at radius 3 is 2.81 bits per heavy atom. The van der Waals surface area contributed by atoms with Gasteiger partial charge in [-0.15, -0.1) is 10.1 Å². The summed E-state index contributed by atoms with van der Waals surface area (Å²) in [6, 6.07) is 8.28. The van der Waals surface area contributed by atoms with Crippen LogP contribution >= 0.6 is 0 Å². The molecular weight excluding hydrogens is 282 g/mol. The van der Waals surface area contributed by atoms with Gasteiger partial charge in [-0.2, -0.15) is 0 Å². The summed E-state index contributed by atoms with van der Waals surface area (Å²) in [7, 11) is 0. The number of carbonyl (C=O) groups excluding carboxylic acids is 2. The van der Waals surface area contributed by atoms with Gasteiger partial charge in [-0.05, 0) is 5.56 Å². The molecule has 0 saturated carbocycles. The number of benzene rings is 1. The molecule has 2 rings (SSSR count). The van der Waals surface area contributed by atoms with Crippen LogP contribution in [0.4, 0.5) is 4.79 Å². The topological polar surface area (TPSA) is 120 Å². The monoisotopic (exact) mass is 295 g/mol. The van der Waals surface area contributed by atoms with Crippen LogP contribution in [0.25, 0.3) is 0 Å². The van der Waals surface area contributed by atoms with E-state index in [4.69, 9.17) is 4.74 Å². The lowest BCUT2D eigenvalue weighted by atomic mass is 10.0. The van der Waals surface area contributed by atoms with E-state index in [0.29, 0.717) is 0 Å². The molecule has 2 atom stereocenters. The first-order chi connectivity index (χ1) is 10.1. The van der Waals surface area contributed by atoms with E-state index in [1.807, 2.05) is 6.07 Å².